The molecule has 10 nitrogen and oxygen atoms in total. The largest absolute Gasteiger partial charge is 0.399 e. The van der Waals surface area contributed by atoms with E-state index in [0.717, 1.165) is 5.56 Å². The monoisotopic (exact) mass is 655 g/mol. The van der Waals surface area contributed by atoms with E-state index in [9.17, 15) is 22.8 Å². The molecule has 11 heteroatoms. The van der Waals surface area contributed by atoms with Crippen molar-refractivity contribution in [3.63, 3.8) is 0 Å². The lowest BCUT2D eigenvalue weighted by atomic mass is 9.76. The second-order valence-electron chi connectivity index (χ2n) is 13.8. The standard InChI is InChI=1S/C35H53N5O5S/c1-12-24-21-26(18-19-27(24)36)46(44,45)39-31(41)23(4)20-28(22(2)3)40(11)33(43)30(34(5,6)7)38-32(42)29(37-10)35(8,9)25-16-14-13-15-17-25/h13-22,28-30,37H,12,36H2,1-11H3,(H,38,42)(H,39,41)/b23-20+. The summed E-state index contributed by atoms with van der Waals surface area (Å²) in [6, 6.07) is 11.9. The van der Waals surface area contributed by atoms with Crippen molar-refractivity contribution in [1.82, 2.24) is 20.3 Å². The number of benzene rings is 2. The number of hydrogen-bond acceptors (Lipinski definition) is 7. The zero-order chi connectivity index (χ0) is 35.2. The number of nitrogen functional groups attached to an aromatic ring is 1. The molecule has 3 amide bonds. The van der Waals surface area contributed by atoms with E-state index in [1.54, 1.807) is 20.2 Å². The van der Waals surface area contributed by atoms with Gasteiger partial charge in [-0.1, -0.05) is 91.8 Å². The summed E-state index contributed by atoms with van der Waals surface area (Å²) in [6.07, 6.45) is 2.12. The summed E-state index contributed by atoms with van der Waals surface area (Å²) in [6.45, 7) is 16.8. The summed E-state index contributed by atoms with van der Waals surface area (Å²) in [5.74, 6) is -1.60. The molecule has 0 aliphatic rings. The van der Waals surface area contributed by atoms with Gasteiger partial charge in [-0.25, -0.2) is 13.1 Å². The van der Waals surface area contributed by atoms with Gasteiger partial charge in [-0.3, -0.25) is 14.4 Å². The molecule has 0 aromatic heterocycles. The summed E-state index contributed by atoms with van der Waals surface area (Å²) in [5.41, 5.74) is 6.92. The lowest BCUT2D eigenvalue weighted by molar-refractivity contribution is -0.140. The first-order valence-electron chi connectivity index (χ1n) is 15.6. The first-order valence-corrected chi connectivity index (χ1v) is 17.1. The molecule has 0 radical (unpaired) electrons. The molecule has 3 atom stereocenters. The third-order valence-electron chi connectivity index (χ3n) is 8.48. The second kappa shape index (κ2) is 15.3. The van der Waals surface area contributed by atoms with Gasteiger partial charge in [0.25, 0.3) is 15.9 Å². The highest BCUT2D eigenvalue weighted by molar-refractivity contribution is 7.90. The lowest BCUT2D eigenvalue weighted by Gasteiger charge is -2.40. The zero-order valence-corrected chi connectivity index (χ0v) is 30.0. The zero-order valence-electron chi connectivity index (χ0n) is 29.2. The molecule has 0 aliphatic carbocycles. The van der Waals surface area contributed by atoms with E-state index in [2.05, 4.69) is 15.4 Å². The van der Waals surface area contributed by atoms with Crippen LogP contribution in [0.25, 0.3) is 0 Å². The number of anilines is 1. The Morgan fingerprint density at radius 2 is 1.57 bits per heavy atom. The predicted molar refractivity (Wildman–Crippen MR) is 184 cm³/mol. The topological polar surface area (TPSA) is 151 Å². The Morgan fingerprint density at radius 1 is 0.978 bits per heavy atom. The van der Waals surface area contributed by atoms with Gasteiger partial charge in [0.2, 0.25) is 11.8 Å². The minimum absolute atomic E-state index is 0.0634. The number of nitrogens with zero attached hydrogens (tertiary/aromatic N) is 1. The average molecular weight is 656 g/mol. The van der Waals surface area contributed by atoms with E-state index in [4.69, 9.17) is 5.73 Å². The first kappa shape index (κ1) is 38.5. The van der Waals surface area contributed by atoms with Crippen LogP contribution >= 0.6 is 0 Å². The number of sulfonamides is 1. The molecule has 0 bridgehead atoms. The van der Waals surface area contributed by atoms with Crippen molar-refractivity contribution in [2.75, 3.05) is 19.8 Å². The Labute approximate surface area is 275 Å². The minimum atomic E-state index is -4.17. The van der Waals surface area contributed by atoms with Crippen LogP contribution in [-0.2, 0) is 36.2 Å². The van der Waals surface area contributed by atoms with Gasteiger partial charge in [-0.05, 0) is 61.1 Å². The van der Waals surface area contributed by atoms with Crippen LogP contribution in [0.1, 0.15) is 73.4 Å². The first-order chi connectivity index (χ1) is 21.2. The van der Waals surface area contributed by atoms with Gasteiger partial charge in [-0.2, -0.15) is 0 Å². The van der Waals surface area contributed by atoms with Crippen LogP contribution in [0.3, 0.4) is 0 Å². The third-order valence-corrected chi connectivity index (χ3v) is 9.81. The van der Waals surface area contributed by atoms with Crippen LogP contribution in [0.15, 0.2) is 65.1 Å². The van der Waals surface area contributed by atoms with Crippen molar-refractivity contribution < 1.29 is 22.8 Å². The van der Waals surface area contributed by atoms with E-state index >= 15 is 0 Å². The van der Waals surface area contributed by atoms with E-state index < -0.39 is 44.9 Å². The molecule has 0 heterocycles. The van der Waals surface area contributed by atoms with Crippen LogP contribution in [0, 0.1) is 11.3 Å². The highest BCUT2D eigenvalue weighted by Crippen LogP contribution is 2.29. The van der Waals surface area contributed by atoms with Crippen LogP contribution < -0.4 is 21.1 Å². The van der Waals surface area contributed by atoms with Gasteiger partial charge >= 0.3 is 0 Å². The molecule has 2 aromatic rings. The van der Waals surface area contributed by atoms with Crippen LogP contribution in [0.4, 0.5) is 5.69 Å². The maximum atomic E-state index is 14.1. The molecule has 254 valence electrons. The fourth-order valence-corrected chi connectivity index (χ4v) is 6.55. The summed E-state index contributed by atoms with van der Waals surface area (Å²) in [4.78, 5) is 42.5. The molecule has 0 saturated carbocycles. The van der Waals surface area contributed by atoms with E-state index in [1.807, 2.05) is 85.7 Å². The Morgan fingerprint density at radius 3 is 2.07 bits per heavy atom. The van der Waals surface area contributed by atoms with Crippen LogP contribution in [0.2, 0.25) is 0 Å². The highest BCUT2D eigenvalue weighted by atomic mass is 32.2. The number of nitrogens with two attached hydrogens (primary N) is 1. The number of nitrogens with one attached hydrogen (secondary N) is 3. The summed E-state index contributed by atoms with van der Waals surface area (Å²) < 4.78 is 28.2. The number of likely N-dealkylation sites (N-methyl/N-ethyl adjacent to an activating group) is 2. The van der Waals surface area contributed by atoms with Crippen molar-refractivity contribution in [3.05, 3.63) is 71.3 Å². The van der Waals surface area contributed by atoms with Crippen LogP contribution in [0.5, 0.6) is 0 Å². The summed E-state index contributed by atoms with van der Waals surface area (Å²) in [5, 5.41) is 6.15. The lowest BCUT2D eigenvalue weighted by Crippen LogP contribution is -2.61. The molecule has 46 heavy (non-hydrogen) atoms. The molecular formula is C35H53N5O5S. The Balaban J connectivity index is 2.34. The Bertz CT molecular complexity index is 1530. The number of aryl methyl sites for hydroxylation is 1. The smallest absolute Gasteiger partial charge is 0.264 e. The van der Waals surface area contributed by atoms with Crippen molar-refractivity contribution in [1.29, 1.82) is 0 Å². The number of carbonyl (C=O) groups is 3. The van der Waals surface area contributed by atoms with E-state index in [-0.39, 0.29) is 28.2 Å². The number of carbonyl (C=O) groups excluding carboxylic acids is 3. The minimum Gasteiger partial charge on any atom is -0.399 e. The maximum Gasteiger partial charge on any atom is 0.264 e. The number of amides is 3. The fourth-order valence-electron chi connectivity index (χ4n) is 5.48. The van der Waals surface area contributed by atoms with E-state index in [0.29, 0.717) is 17.7 Å². The molecule has 0 aliphatic heterocycles. The molecule has 5 N–H and O–H groups in total. The van der Waals surface area contributed by atoms with E-state index in [1.165, 1.54) is 30.0 Å². The van der Waals surface area contributed by atoms with Crippen molar-refractivity contribution >= 4 is 33.4 Å². The van der Waals surface area contributed by atoms with Gasteiger partial charge in [-0.15, -0.1) is 0 Å². The molecule has 0 fully saturated rings. The third kappa shape index (κ3) is 9.19. The number of hydrogen-bond donors (Lipinski definition) is 4. The fraction of sp³-hybridized carbons (Fsp3) is 0.514. The average Bonchev–Trinajstić information content (AvgIpc) is 2.97. The van der Waals surface area contributed by atoms with Gasteiger partial charge in [0, 0.05) is 23.7 Å². The Kier molecular flexibility index (Phi) is 12.8. The maximum absolute atomic E-state index is 14.1. The molecule has 3 unspecified atom stereocenters. The van der Waals surface area contributed by atoms with Gasteiger partial charge < -0.3 is 21.3 Å². The van der Waals surface area contributed by atoms with Gasteiger partial charge in [0.05, 0.1) is 17.0 Å². The molecule has 2 aromatic carbocycles. The summed E-state index contributed by atoms with van der Waals surface area (Å²) in [7, 11) is -0.819. The van der Waals surface area contributed by atoms with Crippen LogP contribution in [-0.4, -0.2) is 63.3 Å². The molecule has 2 rings (SSSR count). The van der Waals surface area contributed by atoms with Gasteiger partial charge in [0.1, 0.15) is 6.04 Å². The predicted octanol–water partition coefficient (Wildman–Crippen LogP) is 4.16. The molecule has 0 saturated heterocycles. The van der Waals surface area contributed by atoms with Crippen molar-refractivity contribution in [2.45, 2.75) is 97.2 Å². The number of rotatable bonds is 13. The molecule has 0 spiro atoms. The van der Waals surface area contributed by atoms with Crippen molar-refractivity contribution in [3.8, 4) is 0 Å². The van der Waals surface area contributed by atoms with Gasteiger partial charge in [0.15, 0.2) is 0 Å². The second-order valence-corrected chi connectivity index (χ2v) is 15.5. The quantitative estimate of drug-likeness (QED) is 0.187. The molecular weight excluding hydrogens is 602 g/mol. The van der Waals surface area contributed by atoms with Crippen molar-refractivity contribution in [2.24, 2.45) is 11.3 Å². The SMILES string of the molecule is CCc1cc(S(=O)(=O)NC(=O)/C(C)=C/C(C(C)C)N(C)C(=O)C(NC(=O)C(NC)C(C)(C)c2ccccc2)C(C)(C)C)ccc1N. The summed E-state index contributed by atoms with van der Waals surface area (Å²) >= 11 is 0. The Hall–Kier alpha value is -3.70. The normalized spacial score (nSPS) is 14.7. The highest BCUT2D eigenvalue weighted by Gasteiger charge is 2.41.